The van der Waals surface area contributed by atoms with Gasteiger partial charge < -0.3 is 11.1 Å². The molecule has 0 heterocycles. The monoisotopic (exact) mass is 373 g/mol. The molecule has 0 saturated heterocycles. The van der Waals surface area contributed by atoms with Gasteiger partial charge in [-0.05, 0) is 43.4 Å². The van der Waals surface area contributed by atoms with Gasteiger partial charge in [0.1, 0.15) is 0 Å². The number of benzene rings is 2. The molecule has 0 aliphatic rings. The SMILES string of the molecule is CNS(=O)(=O)c1ccc(C(=O)Nc2cc(Cl)c(N)c(Cl)c2)cc1. The number of carbonyl (C=O) groups is 1. The Morgan fingerprint density at radius 2 is 1.61 bits per heavy atom. The zero-order valence-corrected chi connectivity index (χ0v) is 14.3. The molecule has 23 heavy (non-hydrogen) atoms. The van der Waals surface area contributed by atoms with Crippen LogP contribution in [0.3, 0.4) is 0 Å². The number of carbonyl (C=O) groups excluding carboxylic acids is 1. The molecule has 9 heteroatoms. The number of anilines is 2. The summed E-state index contributed by atoms with van der Waals surface area (Å²) in [4.78, 5) is 12.2. The molecule has 0 atom stereocenters. The van der Waals surface area contributed by atoms with Crippen LogP contribution in [0.15, 0.2) is 41.3 Å². The van der Waals surface area contributed by atoms with Crippen LogP contribution >= 0.6 is 23.2 Å². The van der Waals surface area contributed by atoms with Crippen LogP contribution in [-0.2, 0) is 10.0 Å². The number of amides is 1. The Morgan fingerprint density at radius 1 is 1.09 bits per heavy atom. The quantitative estimate of drug-likeness (QED) is 0.717. The molecule has 0 saturated carbocycles. The highest BCUT2D eigenvalue weighted by Crippen LogP contribution is 2.31. The number of sulfonamides is 1. The first-order chi connectivity index (χ1) is 10.7. The number of hydrogen-bond acceptors (Lipinski definition) is 4. The highest BCUT2D eigenvalue weighted by molar-refractivity contribution is 7.89. The van der Waals surface area contributed by atoms with Gasteiger partial charge in [0, 0.05) is 11.3 Å². The fourth-order valence-corrected chi connectivity index (χ4v) is 2.98. The summed E-state index contributed by atoms with van der Waals surface area (Å²) < 4.78 is 25.4. The Balaban J connectivity index is 2.22. The lowest BCUT2D eigenvalue weighted by Gasteiger charge is -2.09. The highest BCUT2D eigenvalue weighted by Gasteiger charge is 2.13. The molecule has 2 aromatic rings. The molecule has 0 bridgehead atoms. The number of hydrogen-bond donors (Lipinski definition) is 3. The first-order valence-corrected chi connectivity index (χ1v) is 8.58. The Labute approximate surface area is 143 Å². The number of rotatable bonds is 4. The van der Waals surface area contributed by atoms with Gasteiger partial charge in [-0.15, -0.1) is 0 Å². The lowest BCUT2D eigenvalue weighted by Crippen LogP contribution is -2.19. The van der Waals surface area contributed by atoms with Gasteiger partial charge in [0.25, 0.3) is 5.91 Å². The van der Waals surface area contributed by atoms with Gasteiger partial charge in [0.2, 0.25) is 10.0 Å². The van der Waals surface area contributed by atoms with E-state index >= 15 is 0 Å². The van der Waals surface area contributed by atoms with Crippen molar-refractivity contribution in [3.63, 3.8) is 0 Å². The molecule has 2 aromatic carbocycles. The Kier molecular flexibility index (Phi) is 5.16. The van der Waals surface area contributed by atoms with Gasteiger partial charge in [0.15, 0.2) is 0 Å². The molecule has 0 radical (unpaired) electrons. The van der Waals surface area contributed by atoms with Crippen LogP contribution in [0.25, 0.3) is 0 Å². The van der Waals surface area contributed by atoms with E-state index in [2.05, 4.69) is 10.0 Å². The topological polar surface area (TPSA) is 101 Å². The summed E-state index contributed by atoms with van der Waals surface area (Å²) in [7, 11) is -2.24. The average molecular weight is 374 g/mol. The van der Waals surface area contributed by atoms with E-state index in [4.69, 9.17) is 28.9 Å². The van der Waals surface area contributed by atoms with Crippen molar-refractivity contribution >= 4 is 50.5 Å². The molecule has 6 nitrogen and oxygen atoms in total. The van der Waals surface area contributed by atoms with Crippen LogP contribution in [0.1, 0.15) is 10.4 Å². The lowest BCUT2D eigenvalue weighted by molar-refractivity contribution is 0.102. The van der Waals surface area contributed by atoms with Gasteiger partial charge in [0.05, 0.1) is 20.6 Å². The Hall–Kier alpha value is -1.80. The molecule has 122 valence electrons. The molecular weight excluding hydrogens is 361 g/mol. The minimum absolute atomic E-state index is 0.0649. The van der Waals surface area contributed by atoms with Gasteiger partial charge in [-0.25, -0.2) is 13.1 Å². The Bertz CT molecular complexity index is 829. The third-order valence-corrected chi connectivity index (χ3v) is 5.09. The van der Waals surface area contributed by atoms with E-state index in [-0.39, 0.29) is 26.2 Å². The molecule has 0 aliphatic heterocycles. The number of nitrogens with one attached hydrogen (secondary N) is 2. The van der Waals surface area contributed by atoms with Crippen LogP contribution in [0.4, 0.5) is 11.4 Å². The van der Waals surface area contributed by atoms with Gasteiger partial charge >= 0.3 is 0 Å². The van der Waals surface area contributed by atoms with Crippen LogP contribution in [0, 0.1) is 0 Å². The average Bonchev–Trinajstić information content (AvgIpc) is 2.52. The summed E-state index contributed by atoms with van der Waals surface area (Å²) in [6.45, 7) is 0. The maximum Gasteiger partial charge on any atom is 0.255 e. The van der Waals surface area contributed by atoms with E-state index in [1.54, 1.807) is 0 Å². The summed E-state index contributed by atoms with van der Waals surface area (Å²) >= 11 is 11.8. The van der Waals surface area contributed by atoms with Crippen molar-refractivity contribution in [2.45, 2.75) is 4.90 Å². The summed E-state index contributed by atoms with van der Waals surface area (Å²) in [5, 5.41) is 3.06. The van der Waals surface area contributed by atoms with Crippen LogP contribution in [-0.4, -0.2) is 21.4 Å². The van der Waals surface area contributed by atoms with Crippen molar-refractivity contribution in [2.24, 2.45) is 0 Å². The number of halogens is 2. The van der Waals surface area contributed by atoms with Gasteiger partial charge in [-0.1, -0.05) is 23.2 Å². The fourth-order valence-electron chi connectivity index (χ4n) is 1.76. The van der Waals surface area contributed by atoms with E-state index in [9.17, 15) is 13.2 Å². The zero-order valence-electron chi connectivity index (χ0n) is 11.9. The van der Waals surface area contributed by atoms with Crippen LogP contribution < -0.4 is 15.8 Å². The summed E-state index contributed by atoms with van der Waals surface area (Å²) in [6.07, 6.45) is 0. The molecule has 0 aromatic heterocycles. The zero-order chi connectivity index (χ0) is 17.2. The second-order valence-electron chi connectivity index (χ2n) is 4.54. The normalized spacial score (nSPS) is 11.3. The highest BCUT2D eigenvalue weighted by atomic mass is 35.5. The second kappa shape index (κ2) is 6.76. The predicted octanol–water partition coefficient (Wildman–Crippen LogP) is 2.74. The van der Waals surface area contributed by atoms with Crippen molar-refractivity contribution in [1.82, 2.24) is 4.72 Å². The Morgan fingerprint density at radius 3 is 2.09 bits per heavy atom. The fraction of sp³-hybridized carbons (Fsp3) is 0.0714. The van der Waals surface area contributed by atoms with Gasteiger partial charge in [-0.2, -0.15) is 0 Å². The third-order valence-electron chi connectivity index (χ3n) is 3.03. The van der Waals surface area contributed by atoms with E-state index in [1.807, 2.05) is 0 Å². The van der Waals surface area contributed by atoms with Crippen LogP contribution in [0.2, 0.25) is 10.0 Å². The van der Waals surface area contributed by atoms with Crippen LogP contribution in [0.5, 0.6) is 0 Å². The lowest BCUT2D eigenvalue weighted by atomic mass is 10.2. The largest absolute Gasteiger partial charge is 0.396 e. The van der Waals surface area contributed by atoms with Crippen molar-refractivity contribution < 1.29 is 13.2 Å². The molecule has 0 unspecified atom stereocenters. The van der Waals surface area contributed by atoms with E-state index in [0.29, 0.717) is 5.69 Å². The van der Waals surface area contributed by atoms with Crippen molar-refractivity contribution in [3.05, 3.63) is 52.0 Å². The standard InChI is InChI=1S/C14H13Cl2N3O3S/c1-18-23(21,22)10-4-2-8(3-5-10)14(20)19-9-6-11(15)13(17)12(16)7-9/h2-7,18H,17H2,1H3,(H,19,20). The molecular formula is C14H13Cl2N3O3S. The van der Waals surface area contributed by atoms with E-state index < -0.39 is 15.9 Å². The first-order valence-electron chi connectivity index (χ1n) is 6.34. The van der Waals surface area contributed by atoms with Crippen molar-refractivity contribution in [3.8, 4) is 0 Å². The number of nitrogens with two attached hydrogens (primary N) is 1. The third kappa shape index (κ3) is 3.94. The minimum Gasteiger partial charge on any atom is -0.396 e. The molecule has 0 fully saturated rings. The second-order valence-corrected chi connectivity index (χ2v) is 7.24. The first kappa shape index (κ1) is 17.6. The predicted molar refractivity (Wildman–Crippen MR) is 91.5 cm³/mol. The maximum atomic E-state index is 12.2. The van der Waals surface area contributed by atoms with E-state index in [1.165, 1.54) is 43.4 Å². The molecule has 2 rings (SSSR count). The smallest absolute Gasteiger partial charge is 0.255 e. The summed E-state index contributed by atoms with van der Waals surface area (Å²) in [5.41, 5.74) is 6.52. The molecule has 0 aliphatic carbocycles. The van der Waals surface area contributed by atoms with Gasteiger partial charge in [-0.3, -0.25) is 4.79 Å². The summed E-state index contributed by atoms with van der Waals surface area (Å²) in [6, 6.07) is 8.43. The van der Waals surface area contributed by atoms with Crippen molar-refractivity contribution in [1.29, 1.82) is 0 Å². The minimum atomic E-state index is -3.55. The van der Waals surface area contributed by atoms with Crippen molar-refractivity contribution in [2.75, 3.05) is 18.1 Å². The summed E-state index contributed by atoms with van der Waals surface area (Å²) in [5.74, 6) is -0.435. The van der Waals surface area contributed by atoms with E-state index in [0.717, 1.165) is 0 Å². The number of nitrogen functional groups attached to an aromatic ring is 1. The molecule has 4 N–H and O–H groups in total. The maximum absolute atomic E-state index is 12.2. The molecule has 1 amide bonds. The molecule has 0 spiro atoms.